The quantitative estimate of drug-likeness (QED) is 0.609. The van der Waals surface area contributed by atoms with Gasteiger partial charge < -0.3 is 14.8 Å². The Morgan fingerprint density at radius 2 is 2.23 bits per heavy atom. The van der Waals surface area contributed by atoms with Gasteiger partial charge in [0, 0.05) is 13.0 Å². The van der Waals surface area contributed by atoms with Crippen LogP contribution < -0.4 is 5.32 Å². The molecule has 0 aromatic carbocycles. The van der Waals surface area contributed by atoms with E-state index in [1.54, 1.807) is 0 Å². The summed E-state index contributed by atoms with van der Waals surface area (Å²) >= 11 is 0. The third-order valence-electron chi connectivity index (χ3n) is 1.98. The highest BCUT2D eigenvalue weighted by atomic mass is 16.5. The Morgan fingerprint density at radius 1 is 1.46 bits per heavy atom. The molecule has 0 radical (unpaired) electrons. The Kier molecular flexibility index (Phi) is 4.78. The van der Waals surface area contributed by atoms with Crippen LogP contribution in [0, 0.1) is 0 Å². The maximum absolute atomic E-state index is 10.8. The average molecular weight is 187 g/mol. The minimum atomic E-state index is 0.137. The predicted octanol–water partition coefficient (Wildman–Crippen LogP) is 0.318. The van der Waals surface area contributed by atoms with Gasteiger partial charge >= 0.3 is 0 Å². The zero-order chi connectivity index (χ0) is 9.52. The van der Waals surface area contributed by atoms with E-state index in [9.17, 15) is 4.79 Å². The molecule has 0 aromatic heterocycles. The van der Waals surface area contributed by atoms with Crippen LogP contribution in [0.3, 0.4) is 0 Å². The number of carbonyl (C=O) groups is 1. The highest BCUT2D eigenvalue weighted by Gasteiger charge is 2.20. The Hall–Kier alpha value is -0.610. The van der Waals surface area contributed by atoms with Gasteiger partial charge in [0.15, 0.2) is 0 Å². The molecular formula is C9H17NO3. The molecule has 1 rings (SSSR count). The molecule has 1 aliphatic rings. The minimum Gasteiger partial charge on any atom is -0.379 e. The second-order valence-corrected chi connectivity index (χ2v) is 3.07. The zero-order valence-electron chi connectivity index (χ0n) is 8.04. The standard InChI is InChI=1S/C9H17NO3/c1-2-12-5-6-13-7-8-3-4-9(11)10-8/h8H,2-7H2,1H3,(H,10,11). The lowest BCUT2D eigenvalue weighted by molar-refractivity contribution is -0.119. The fourth-order valence-corrected chi connectivity index (χ4v) is 1.29. The van der Waals surface area contributed by atoms with Crippen LogP contribution in [0.25, 0.3) is 0 Å². The van der Waals surface area contributed by atoms with Crippen molar-refractivity contribution in [1.29, 1.82) is 0 Å². The summed E-state index contributed by atoms with van der Waals surface area (Å²) < 4.78 is 10.4. The molecule has 1 atom stereocenters. The maximum atomic E-state index is 10.8. The summed E-state index contributed by atoms with van der Waals surface area (Å²) in [6.45, 7) is 4.54. The largest absolute Gasteiger partial charge is 0.379 e. The number of hydrogen-bond acceptors (Lipinski definition) is 3. The molecule has 4 nitrogen and oxygen atoms in total. The van der Waals surface area contributed by atoms with E-state index in [0.29, 0.717) is 26.2 Å². The molecule has 1 fully saturated rings. The first kappa shape index (κ1) is 10.5. The molecule has 1 saturated heterocycles. The van der Waals surface area contributed by atoms with Crippen LogP contribution >= 0.6 is 0 Å². The van der Waals surface area contributed by atoms with Gasteiger partial charge in [-0.2, -0.15) is 0 Å². The van der Waals surface area contributed by atoms with Crippen molar-refractivity contribution in [2.24, 2.45) is 0 Å². The predicted molar refractivity (Wildman–Crippen MR) is 48.5 cm³/mol. The van der Waals surface area contributed by atoms with Gasteiger partial charge in [0.05, 0.1) is 25.9 Å². The van der Waals surface area contributed by atoms with Crippen molar-refractivity contribution in [3.63, 3.8) is 0 Å². The van der Waals surface area contributed by atoms with Crippen molar-refractivity contribution in [1.82, 2.24) is 5.32 Å². The van der Waals surface area contributed by atoms with Gasteiger partial charge in [-0.3, -0.25) is 4.79 Å². The van der Waals surface area contributed by atoms with Crippen LogP contribution in [0.2, 0.25) is 0 Å². The Labute approximate surface area is 78.6 Å². The molecule has 1 aliphatic heterocycles. The third-order valence-corrected chi connectivity index (χ3v) is 1.98. The van der Waals surface area contributed by atoms with E-state index in [4.69, 9.17) is 9.47 Å². The Bertz CT molecular complexity index is 161. The van der Waals surface area contributed by atoms with E-state index in [-0.39, 0.29) is 11.9 Å². The van der Waals surface area contributed by atoms with Crippen LogP contribution in [0.15, 0.2) is 0 Å². The molecule has 1 N–H and O–H groups in total. The topological polar surface area (TPSA) is 47.6 Å². The third kappa shape index (κ3) is 4.24. The molecule has 4 heteroatoms. The summed E-state index contributed by atoms with van der Waals surface area (Å²) in [6, 6.07) is 0.217. The number of carbonyl (C=O) groups excluding carboxylic acids is 1. The highest BCUT2D eigenvalue weighted by molar-refractivity contribution is 5.78. The summed E-state index contributed by atoms with van der Waals surface area (Å²) in [5.41, 5.74) is 0. The maximum Gasteiger partial charge on any atom is 0.220 e. The van der Waals surface area contributed by atoms with Gasteiger partial charge in [-0.1, -0.05) is 0 Å². The van der Waals surface area contributed by atoms with Crippen molar-refractivity contribution in [3.05, 3.63) is 0 Å². The molecule has 1 unspecified atom stereocenters. The molecule has 0 spiro atoms. The van der Waals surface area contributed by atoms with Crippen LogP contribution in [0.1, 0.15) is 19.8 Å². The van der Waals surface area contributed by atoms with Crippen LogP contribution in [-0.2, 0) is 14.3 Å². The van der Waals surface area contributed by atoms with Crippen molar-refractivity contribution < 1.29 is 14.3 Å². The first-order valence-electron chi connectivity index (χ1n) is 4.77. The van der Waals surface area contributed by atoms with Gasteiger partial charge in [-0.15, -0.1) is 0 Å². The molecule has 0 saturated carbocycles. The van der Waals surface area contributed by atoms with E-state index < -0.39 is 0 Å². The fourth-order valence-electron chi connectivity index (χ4n) is 1.29. The molecular weight excluding hydrogens is 170 g/mol. The Morgan fingerprint density at radius 3 is 2.85 bits per heavy atom. The highest BCUT2D eigenvalue weighted by Crippen LogP contribution is 2.06. The molecule has 0 aliphatic carbocycles. The fraction of sp³-hybridized carbons (Fsp3) is 0.889. The molecule has 0 aromatic rings. The van der Waals surface area contributed by atoms with Crippen molar-refractivity contribution in [2.45, 2.75) is 25.8 Å². The van der Waals surface area contributed by atoms with Gasteiger partial charge in [0.2, 0.25) is 5.91 Å². The number of rotatable bonds is 6. The van der Waals surface area contributed by atoms with Crippen LogP contribution in [0.4, 0.5) is 0 Å². The number of amides is 1. The lowest BCUT2D eigenvalue weighted by Gasteiger charge is -2.10. The van der Waals surface area contributed by atoms with Crippen molar-refractivity contribution in [2.75, 3.05) is 26.4 Å². The second kappa shape index (κ2) is 5.94. The van der Waals surface area contributed by atoms with Gasteiger partial charge in [0.1, 0.15) is 0 Å². The molecule has 13 heavy (non-hydrogen) atoms. The summed E-state index contributed by atoms with van der Waals surface area (Å²) in [6.07, 6.45) is 1.53. The summed E-state index contributed by atoms with van der Waals surface area (Å²) in [7, 11) is 0. The number of ether oxygens (including phenoxy) is 2. The molecule has 1 heterocycles. The van der Waals surface area contributed by atoms with Crippen molar-refractivity contribution in [3.8, 4) is 0 Å². The normalized spacial score (nSPS) is 21.9. The van der Waals surface area contributed by atoms with E-state index in [1.807, 2.05) is 6.92 Å². The minimum absolute atomic E-state index is 0.137. The van der Waals surface area contributed by atoms with Gasteiger partial charge in [0.25, 0.3) is 0 Å². The Balaban J connectivity index is 1.91. The van der Waals surface area contributed by atoms with Gasteiger partial charge in [-0.25, -0.2) is 0 Å². The molecule has 0 bridgehead atoms. The SMILES string of the molecule is CCOCCOCC1CCC(=O)N1. The summed E-state index contributed by atoms with van der Waals surface area (Å²) in [5.74, 6) is 0.137. The summed E-state index contributed by atoms with van der Waals surface area (Å²) in [4.78, 5) is 10.8. The second-order valence-electron chi connectivity index (χ2n) is 3.07. The average Bonchev–Trinajstić information content (AvgIpc) is 2.51. The number of nitrogens with one attached hydrogen (secondary N) is 1. The zero-order valence-corrected chi connectivity index (χ0v) is 8.04. The van der Waals surface area contributed by atoms with Gasteiger partial charge in [-0.05, 0) is 13.3 Å². The molecule has 1 amide bonds. The van der Waals surface area contributed by atoms with E-state index in [1.165, 1.54) is 0 Å². The van der Waals surface area contributed by atoms with E-state index in [0.717, 1.165) is 13.0 Å². The lowest BCUT2D eigenvalue weighted by atomic mass is 10.2. The van der Waals surface area contributed by atoms with Crippen LogP contribution in [-0.4, -0.2) is 38.4 Å². The first-order valence-corrected chi connectivity index (χ1v) is 4.77. The lowest BCUT2D eigenvalue weighted by Crippen LogP contribution is -2.30. The monoisotopic (exact) mass is 187 g/mol. The van der Waals surface area contributed by atoms with E-state index >= 15 is 0 Å². The first-order chi connectivity index (χ1) is 6.33. The summed E-state index contributed by atoms with van der Waals surface area (Å²) in [5, 5.41) is 2.84. The smallest absolute Gasteiger partial charge is 0.220 e. The van der Waals surface area contributed by atoms with Crippen LogP contribution in [0.5, 0.6) is 0 Å². The molecule has 76 valence electrons. The van der Waals surface area contributed by atoms with Crippen molar-refractivity contribution >= 4 is 5.91 Å². The van der Waals surface area contributed by atoms with E-state index in [2.05, 4.69) is 5.32 Å². The number of hydrogen-bond donors (Lipinski definition) is 1.